The molecule has 2 unspecified atom stereocenters. The molecule has 0 radical (unpaired) electrons. The number of unbranched alkanes of at least 4 members (excludes halogenated alkanes) is 12. The number of benzene rings is 1. The van der Waals surface area contributed by atoms with E-state index in [-0.39, 0.29) is 0 Å². The van der Waals surface area contributed by atoms with Crippen LogP contribution in [0.3, 0.4) is 0 Å². The number of aliphatic hydroxyl groups excluding tert-OH is 1. The van der Waals surface area contributed by atoms with Crippen molar-refractivity contribution in [3.63, 3.8) is 0 Å². The topological polar surface area (TPSA) is 49.3 Å². The molecule has 0 spiro atoms. The van der Waals surface area contributed by atoms with Gasteiger partial charge in [0.15, 0.2) is 0 Å². The van der Waals surface area contributed by atoms with Crippen molar-refractivity contribution in [2.75, 3.05) is 0 Å². The summed E-state index contributed by atoms with van der Waals surface area (Å²) < 4.78 is 38.3. The highest BCUT2D eigenvalue weighted by Gasteiger charge is 2.30. The molecule has 0 saturated carbocycles. The molecular formula is C28H44F3NO2. The van der Waals surface area contributed by atoms with Gasteiger partial charge >= 0.3 is 6.18 Å². The molecule has 0 bridgehead atoms. The summed E-state index contributed by atoms with van der Waals surface area (Å²) in [6.45, 7) is 3.98. The molecule has 0 saturated heterocycles. The molecule has 194 valence electrons. The van der Waals surface area contributed by atoms with E-state index in [2.05, 4.69) is 12.2 Å². The summed E-state index contributed by atoms with van der Waals surface area (Å²) in [5, 5.41) is 13.0. The molecule has 1 amide bonds. The van der Waals surface area contributed by atoms with Crippen LogP contribution in [-0.4, -0.2) is 23.2 Å². The van der Waals surface area contributed by atoms with Crippen LogP contribution < -0.4 is 5.32 Å². The molecule has 0 aliphatic rings. The number of aliphatic hydroxyl groups is 1. The molecule has 2 N–H and O–H groups in total. The lowest BCUT2D eigenvalue weighted by molar-refractivity contribution is -0.137. The van der Waals surface area contributed by atoms with Gasteiger partial charge in [-0.1, -0.05) is 103 Å². The van der Waals surface area contributed by atoms with Crippen LogP contribution in [0.1, 0.15) is 115 Å². The highest BCUT2D eigenvalue weighted by atomic mass is 19.4. The van der Waals surface area contributed by atoms with Crippen molar-refractivity contribution in [1.29, 1.82) is 0 Å². The first-order valence-electron chi connectivity index (χ1n) is 13.1. The number of carbonyl (C=O) groups is 1. The predicted octanol–water partition coefficient (Wildman–Crippen LogP) is 8.07. The van der Waals surface area contributed by atoms with E-state index in [0.29, 0.717) is 12.0 Å². The summed E-state index contributed by atoms with van der Waals surface area (Å²) >= 11 is 0. The average Bonchev–Trinajstić information content (AvgIpc) is 2.80. The fourth-order valence-corrected chi connectivity index (χ4v) is 3.98. The van der Waals surface area contributed by atoms with Crippen LogP contribution in [0.5, 0.6) is 0 Å². The van der Waals surface area contributed by atoms with Crippen molar-refractivity contribution in [3.05, 3.63) is 41.5 Å². The van der Waals surface area contributed by atoms with Gasteiger partial charge in [0.25, 0.3) is 0 Å². The van der Waals surface area contributed by atoms with Gasteiger partial charge in [-0.15, -0.1) is 0 Å². The zero-order valence-corrected chi connectivity index (χ0v) is 21.0. The highest BCUT2D eigenvalue weighted by Crippen LogP contribution is 2.29. The van der Waals surface area contributed by atoms with Gasteiger partial charge in [-0.05, 0) is 37.1 Å². The number of halogens is 3. The number of carbonyl (C=O) groups excluding carboxylic acids is 1. The Hall–Kier alpha value is -1.82. The molecule has 2 atom stereocenters. The monoisotopic (exact) mass is 483 g/mol. The third kappa shape index (κ3) is 14.4. The summed E-state index contributed by atoms with van der Waals surface area (Å²) in [6, 6.07) is 4.38. The van der Waals surface area contributed by atoms with Crippen LogP contribution in [0.4, 0.5) is 13.2 Å². The van der Waals surface area contributed by atoms with Crippen molar-refractivity contribution < 1.29 is 23.1 Å². The smallest absolute Gasteiger partial charge is 0.391 e. The summed E-state index contributed by atoms with van der Waals surface area (Å²) in [7, 11) is 0. The molecule has 1 rings (SSSR count). The molecule has 0 aliphatic heterocycles. The lowest BCUT2D eigenvalue weighted by atomic mass is 10.0. The summed E-state index contributed by atoms with van der Waals surface area (Å²) in [5.41, 5.74) is -0.457. The van der Waals surface area contributed by atoms with E-state index in [1.54, 1.807) is 6.92 Å². The normalized spacial score (nSPS) is 13.8. The molecule has 1 aromatic rings. The summed E-state index contributed by atoms with van der Waals surface area (Å²) in [5.74, 6) is -0.436. The summed E-state index contributed by atoms with van der Waals surface area (Å²) in [4.78, 5) is 12.1. The molecule has 0 fully saturated rings. The maximum absolute atomic E-state index is 12.8. The van der Waals surface area contributed by atoms with Gasteiger partial charge in [-0.3, -0.25) is 4.79 Å². The Balaban J connectivity index is 2.12. The molecule has 1 aromatic carbocycles. The second-order valence-corrected chi connectivity index (χ2v) is 9.35. The first kappa shape index (κ1) is 30.2. The molecule has 6 heteroatoms. The van der Waals surface area contributed by atoms with Crippen LogP contribution in [0, 0.1) is 0 Å². The van der Waals surface area contributed by atoms with Crippen LogP contribution in [0.15, 0.2) is 30.3 Å². The van der Waals surface area contributed by atoms with Crippen LogP contribution in [0.25, 0.3) is 6.08 Å². The van der Waals surface area contributed by atoms with E-state index in [4.69, 9.17) is 0 Å². The molecule has 0 heterocycles. The van der Waals surface area contributed by atoms with E-state index in [0.717, 1.165) is 25.0 Å². The number of hydrogen-bond donors (Lipinski definition) is 2. The Bertz CT molecular complexity index is 703. The fraction of sp³-hybridized carbons (Fsp3) is 0.679. The minimum absolute atomic E-state index is 0.296. The van der Waals surface area contributed by atoms with Gasteiger partial charge in [-0.2, -0.15) is 13.2 Å². The lowest BCUT2D eigenvalue weighted by Crippen LogP contribution is -2.40. The molecule has 34 heavy (non-hydrogen) atoms. The van der Waals surface area contributed by atoms with E-state index in [1.165, 1.54) is 94.9 Å². The number of hydrogen-bond acceptors (Lipinski definition) is 2. The van der Waals surface area contributed by atoms with Crippen molar-refractivity contribution in [1.82, 2.24) is 5.32 Å². The fourth-order valence-electron chi connectivity index (χ4n) is 3.98. The SMILES string of the molecule is CCCCCCCCCCCCCCCC(O)C(C)NC(=O)/C=C/c1cccc(C(F)(F)F)c1. The van der Waals surface area contributed by atoms with Crippen LogP contribution in [0.2, 0.25) is 0 Å². The highest BCUT2D eigenvalue weighted by molar-refractivity contribution is 5.91. The largest absolute Gasteiger partial charge is 0.416 e. The maximum atomic E-state index is 12.8. The van der Waals surface area contributed by atoms with Crippen molar-refractivity contribution in [2.45, 2.75) is 122 Å². The molecule has 0 aromatic heterocycles. The van der Waals surface area contributed by atoms with Crippen molar-refractivity contribution >= 4 is 12.0 Å². The number of rotatable bonds is 18. The zero-order chi connectivity index (χ0) is 25.2. The van der Waals surface area contributed by atoms with Gasteiger partial charge in [0.05, 0.1) is 17.7 Å². The van der Waals surface area contributed by atoms with E-state index < -0.39 is 29.8 Å². The van der Waals surface area contributed by atoms with Gasteiger partial charge < -0.3 is 10.4 Å². The Morgan fingerprint density at radius 2 is 1.47 bits per heavy atom. The van der Waals surface area contributed by atoms with E-state index in [1.807, 2.05) is 0 Å². The standard InChI is InChI=1S/C28H44F3NO2/c1-3-4-5-6-7-8-9-10-11-12-13-14-15-19-26(33)23(2)32-27(34)21-20-24-17-16-18-25(22-24)28(29,30)31/h16-18,20-23,26,33H,3-15,19H2,1-2H3,(H,32,34)/b21-20+. The third-order valence-corrected chi connectivity index (χ3v) is 6.19. The Labute approximate surface area is 204 Å². The van der Waals surface area contributed by atoms with Gasteiger partial charge in [-0.25, -0.2) is 0 Å². The van der Waals surface area contributed by atoms with Crippen LogP contribution >= 0.6 is 0 Å². The Morgan fingerprint density at radius 1 is 0.941 bits per heavy atom. The number of amides is 1. The molecule has 3 nitrogen and oxygen atoms in total. The van der Waals surface area contributed by atoms with E-state index in [9.17, 15) is 23.1 Å². The van der Waals surface area contributed by atoms with Gasteiger partial charge in [0, 0.05) is 6.08 Å². The maximum Gasteiger partial charge on any atom is 0.416 e. The molecular weight excluding hydrogens is 439 g/mol. The minimum Gasteiger partial charge on any atom is -0.391 e. The second kappa shape index (κ2) is 17.6. The predicted molar refractivity (Wildman–Crippen MR) is 134 cm³/mol. The molecule has 0 aliphatic carbocycles. The minimum atomic E-state index is -4.42. The first-order valence-corrected chi connectivity index (χ1v) is 13.1. The first-order chi connectivity index (χ1) is 16.2. The number of alkyl halides is 3. The van der Waals surface area contributed by atoms with Crippen LogP contribution in [-0.2, 0) is 11.0 Å². The summed E-state index contributed by atoms with van der Waals surface area (Å²) in [6.07, 6.45) is 14.6. The quantitative estimate of drug-likeness (QED) is 0.164. The van der Waals surface area contributed by atoms with Gasteiger partial charge in [0.1, 0.15) is 0 Å². The van der Waals surface area contributed by atoms with E-state index >= 15 is 0 Å². The average molecular weight is 484 g/mol. The Morgan fingerprint density at radius 3 is 2.00 bits per heavy atom. The zero-order valence-electron chi connectivity index (χ0n) is 21.0. The number of nitrogens with one attached hydrogen (secondary N) is 1. The van der Waals surface area contributed by atoms with Crippen molar-refractivity contribution in [3.8, 4) is 0 Å². The van der Waals surface area contributed by atoms with Crippen molar-refractivity contribution in [2.24, 2.45) is 0 Å². The Kier molecular flexibility index (Phi) is 15.6. The second-order valence-electron chi connectivity index (χ2n) is 9.35. The third-order valence-electron chi connectivity index (χ3n) is 6.19. The van der Waals surface area contributed by atoms with Gasteiger partial charge in [0.2, 0.25) is 5.91 Å². The lowest BCUT2D eigenvalue weighted by Gasteiger charge is -2.19.